The number of fused-ring (bicyclic) bond motifs is 2. The van der Waals surface area contributed by atoms with Gasteiger partial charge >= 0.3 is 0 Å². The summed E-state index contributed by atoms with van der Waals surface area (Å²) in [4.78, 5) is 24.6. The van der Waals surface area contributed by atoms with Crippen LogP contribution in [0.15, 0.2) is 79.3 Å². The van der Waals surface area contributed by atoms with Gasteiger partial charge in [-0.05, 0) is 47.5 Å². The van der Waals surface area contributed by atoms with E-state index in [0.29, 0.717) is 16.9 Å². The largest absolute Gasteiger partial charge is 0.338 e. The molecule has 0 atom stereocenters. The highest BCUT2D eigenvalue weighted by molar-refractivity contribution is 6.01. The molecule has 0 bridgehead atoms. The number of aromatic nitrogens is 5. The highest BCUT2D eigenvalue weighted by Crippen LogP contribution is 2.35. The Bertz CT molecular complexity index is 1830. The molecule has 6 aromatic rings. The number of pyridine rings is 2. The van der Waals surface area contributed by atoms with Crippen molar-refractivity contribution in [1.82, 2.24) is 25.1 Å². The van der Waals surface area contributed by atoms with Crippen molar-refractivity contribution in [3.05, 3.63) is 85.1 Å². The van der Waals surface area contributed by atoms with Gasteiger partial charge in [-0.2, -0.15) is 5.10 Å². The topological polar surface area (TPSA) is 99.3 Å². The number of benzene rings is 2. The van der Waals surface area contributed by atoms with Gasteiger partial charge in [-0.1, -0.05) is 45.0 Å². The van der Waals surface area contributed by atoms with Crippen LogP contribution in [0, 0.1) is 11.2 Å². The zero-order valence-corrected chi connectivity index (χ0v) is 21.1. The molecule has 188 valence electrons. The highest BCUT2D eigenvalue weighted by atomic mass is 19.1. The third-order valence-electron chi connectivity index (χ3n) is 6.52. The number of carbonyl (C=O) groups is 1. The normalized spacial score (nSPS) is 11.8. The molecule has 0 saturated heterocycles. The first-order valence-corrected chi connectivity index (χ1v) is 12.3. The van der Waals surface area contributed by atoms with E-state index in [1.807, 2.05) is 63.2 Å². The standard InChI is InChI=1S/C30H25FN6O/c1-30(2,3)29(38)34-19-12-18(15-32-16-19)17-8-9-25-23(13-17)27(37-36-25)26-14-22-20(10-11-33-28(22)35-26)21-6-4-5-7-24(21)31/h4-16H,1-3H3,(H,33,35)(H,34,38)(H,36,37). The van der Waals surface area contributed by atoms with E-state index < -0.39 is 5.41 Å². The van der Waals surface area contributed by atoms with E-state index in [4.69, 9.17) is 0 Å². The van der Waals surface area contributed by atoms with Crippen LogP contribution in [0.25, 0.3) is 55.6 Å². The Morgan fingerprint density at radius 1 is 0.921 bits per heavy atom. The number of rotatable bonds is 4. The van der Waals surface area contributed by atoms with E-state index in [9.17, 15) is 9.18 Å². The van der Waals surface area contributed by atoms with Crippen LogP contribution in [0.4, 0.5) is 10.1 Å². The molecule has 0 aliphatic rings. The molecule has 0 unspecified atom stereocenters. The van der Waals surface area contributed by atoms with Gasteiger partial charge in [-0.3, -0.25) is 14.9 Å². The number of nitrogens with zero attached hydrogens (tertiary/aromatic N) is 3. The molecule has 6 rings (SSSR count). The number of hydrogen-bond acceptors (Lipinski definition) is 4. The van der Waals surface area contributed by atoms with Gasteiger partial charge < -0.3 is 10.3 Å². The van der Waals surface area contributed by atoms with Crippen LogP contribution in [0.2, 0.25) is 0 Å². The summed E-state index contributed by atoms with van der Waals surface area (Å²) in [7, 11) is 0. The van der Waals surface area contributed by atoms with Crippen molar-refractivity contribution in [2.24, 2.45) is 5.41 Å². The first-order valence-electron chi connectivity index (χ1n) is 12.3. The zero-order chi connectivity index (χ0) is 26.4. The van der Waals surface area contributed by atoms with Crippen LogP contribution in [0.5, 0.6) is 0 Å². The van der Waals surface area contributed by atoms with Crippen molar-refractivity contribution in [2.75, 3.05) is 5.32 Å². The molecule has 0 spiro atoms. The Morgan fingerprint density at radius 3 is 2.58 bits per heavy atom. The number of halogens is 1. The van der Waals surface area contributed by atoms with Crippen molar-refractivity contribution >= 4 is 33.5 Å². The van der Waals surface area contributed by atoms with Gasteiger partial charge in [0.15, 0.2) is 0 Å². The van der Waals surface area contributed by atoms with E-state index in [0.717, 1.165) is 44.4 Å². The minimum Gasteiger partial charge on any atom is -0.338 e. The molecule has 38 heavy (non-hydrogen) atoms. The summed E-state index contributed by atoms with van der Waals surface area (Å²) in [5.74, 6) is -0.363. The smallest absolute Gasteiger partial charge is 0.229 e. The van der Waals surface area contributed by atoms with Crippen LogP contribution >= 0.6 is 0 Å². The molecule has 8 heteroatoms. The number of anilines is 1. The molecule has 4 heterocycles. The van der Waals surface area contributed by atoms with Gasteiger partial charge in [-0.25, -0.2) is 9.37 Å². The first kappa shape index (κ1) is 23.5. The molecule has 1 amide bonds. The molecular formula is C30H25FN6O. The van der Waals surface area contributed by atoms with Crippen LogP contribution in [-0.2, 0) is 4.79 Å². The van der Waals surface area contributed by atoms with Crippen molar-refractivity contribution in [3.63, 3.8) is 0 Å². The molecule has 7 nitrogen and oxygen atoms in total. The second-order valence-corrected chi connectivity index (χ2v) is 10.3. The van der Waals surface area contributed by atoms with E-state index in [1.54, 1.807) is 30.7 Å². The lowest BCUT2D eigenvalue weighted by Crippen LogP contribution is -2.27. The molecule has 0 aliphatic heterocycles. The summed E-state index contributed by atoms with van der Waals surface area (Å²) in [5.41, 5.74) is 6.22. The van der Waals surface area contributed by atoms with Gasteiger partial charge in [-0.15, -0.1) is 0 Å². The molecule has 4 aromatic heterocycles. The molecule has 0 aliphatic carbocycles. The van der Waals surface area contributed by atoms with Crippen molar-refractivity contribution < 1.29 is 9.18 Å². The number of hydrogen-bond donors (Lipinski definition) is 3. The van der Waals surface area contributed by atoms with Gasteiger partial charge in [0.25, 0.3) is 0 Å². The SMILES string of the molecule is CC(C)(C)C(=O)Nc1cncc(-c2ccc3[nH]nc(-c4cc5c(-c6ccccc6F)ccnc5[nH]4)c3c2)c1. The monoisotopic (exact) mass is 504 g/mol. The quantitative estimate of drug-likeness (QED) is 0.242. The summed E-state index contributed by atoms with van der Waals surface area (Å²) in [6.45, 7) is 5.60. The predicted octanol–water partition coefficient (Wildman–Crippen LogP) is 6.96. The lowest BCUT2D eigenvalue weighted by Gasteiger charge is -2.17. The van der Waals surface area contributed by atoms with Gasteiger partial charge in [0, 0.05) is 39.7 Å². The predicted molar refractivity (Wildman–Crippen MR) is 148 cm³/mol. The number of carbonyl (C=O) groups excluding carboxylic acids is 1. The second kappa shape index (κ2) is 8.92. The fraction of sp³-hybridized carbons (Fsp3) is 0.133. The minimum absolute atomic E-state index is 0.0776. The summed E-state index contributed by atoms with van der Waals surface area (Å²) in [5, 5.41) is 12.3. The van der Waals surface area contributed by atoms with Crippen molar-refractivity contribution in [3.8, 4) is 33.6 Å². The van der Waals surface area contributed by atoms with E-state index in [2.05, 4.69) is 30.5 Å². The third kappa shape index (κ3) is 4.20. The minimum atomic E-state index is -0.513. The van der Waals surface area contributed by atoms with E-state index >= 15 is 0 Å². The zero-order valence-electron chi connectivity index (χ0n) is 21.1. The first-order chi connectivity index (χ1) is 18.3. The summed E-state index contributed by atoms with van der Waals surface area (Å²) >= 11 is 0. The van der Waals surface area contributed by atoms with Crippen molar-refractivity contribution in [2.45, 2.75) is 20.8 Å². The number of aromatic amines is 2. The van der Waals surface area contributed by atoms with Crippen LogP contribution in [-0.4, -0.2) is 31.1 Å². The molecule has 3 N–H and O–H groups in total. The number of amides is 1. The summed E-state index contributed by atoms with van der Waals surface area (Å²) < 4.78 is 14.6. The molecule has 2 aromatic carbocycles. The molecule has 0 radical (unpaired) electrons. The lowest BCUT2D eigenvalue weighted by atomic mass is 9.95. The Hall–Kier alpha value is -4.85. The van der Waals surface area contributed by atoms with E-state index in [-0.39, 0.29) is 11.7 Å². The number of nitrogens with one attached hydrogen (secondary N) is 3. The van der Waals surface area contributed by atoms with E-state index in [1.165, 1.54) is 6.07 Å². The Balaban J connectivity index is 1.41. The summed E-state index contributed by atoms with van der Waals surface area (Å²) in [6, 6.07) is 18.4. The molecule has 0 fully saturated rings. The number of H-pyrrole nitrogens is 2. The van der Waals surface area contributed by atoms with Crippen LogP contribution in [0.1, 0.15) is 20.8 Å². The fourth-order valence-corrected chi connectivity index (χ4v) is 4.45. The summed E-state index contributed by atoms with van der Waals surface area (Å²) in [6.07, 6.45) is 5.07. The Morgan fingerprint density at radius 2 is 1.76 bits per heavy atom. The second-order valence-electron chi connectivity index (χ2n) is 10.3. The fourth-order valence-electron chi connectivity index (χ4n) is 4.45. The highest BCUT2D eigenvalue weighted by Gasteiger charge is 2.21. The van der Waals surface area contributed by atoms with Gasteiger partial charge in [0.05, 0.1) is 23.1 Å². The average molecular weight is 505 g/mol. The lowest BCUT2D eigenvalue weighted by molar-refractivity contribution is -0.123. The average Bonchev–Trinajstić information content (AvgIpc) is 3.52. The Labute approximate surface area is 218 Å². The maximum atomic E-state index is 14.6. The maximum Gasteiger partial charge on any atom is 0.229 e. The third-order valence-corrected chi connectivity index (χ3v) is 6.52. The Kier molecular flexibility index (Phi) is 5.52. The molecule has 0 saturated carbocycles. The van der Waals surface area contributed by atoms with Crippen LogP contribution < -0.4 is 5.32 Å². The van der Waals surface area contributed by atoms with Crippen molar-refractivity contribution in [1.29, 1.82) is 0 Å². The van der Waals surface area contributed by atoms with Crippen LogP contribution in [0.3, 0.4) is 0 Å². The van der Waals surface area contributed by atoms with Gasteiger partial charge in [0.2, 0.25) is 5.91 Å². The van der Waals surface area contributed by atoms with Gasteiger partial charge in [0.1, 0.15) is 17.2 Å². The maximum absolute atomic E-state index is 14.6. The molecular weight excluding hydrogens is 479 g/mol.